The Hall–Kier alpha value is -1.33. The van der Waals surface area contributed by atoms with Gasteiger partial charge in [-0.3, -0.25) is 9.48 Å². The standard InChI is InChI=1S/C11H12Cl2N4O/c1-3-7-9(12)8(16(2)15-7)6-17-5-4-14-10(13)11(17)18/h4-5H,3,6H2,1-2H3. The molecule has 96 valence electrons. The van der Waals surface area contributed by atoms with Crippen LogP contribution in [0.4, 0.5) is 0 Å². The topological polar surface area (TPSA) is 52.7 Å². The predicted octanol–water partition coefficient (Wildman–Crippen LogP) is 1.89. The van der Waals surface area contributed by atoms with Gasteiger partial charge < -0.3 is 4.57 Å². The molecular formula is C11H12Cl2N4O. The van der Waals surface area contributed by atoms with Gasteiger partial charge in [-0.2, -0.15) is 5.10 Å². The highest BCUT2D eigenvalue weighted by molar-refractivity contribution is 6.31. The Morgan fingerprint density at radius 2 is 2.11 bits per heavy atom. The van der Waals surface area contributed by atoms with Gasteiger partial charge in [0.15, 0.2) is 5.15 Å². The van der Waals surface area contributed by atoms with Crippen LogP contribution in [0, 0.1) is 0 Å². The summed E-state index contributed by atoms with van der Waals surface area (Å²) in [6.07, 6.45) is 3.80. The van der Waals surface area contributed by atoms with E-state index in [-0.39, 0.29) is 10.7 Å². The van der Waals surface area contributed by atoms with E-state index in [0.717, 1.165) is 17.8 Å². The number of aromatic nitrogens is 4. The second kappa shape index (κ2) is 5.12. The van der Waals surface area contributed by atoms with Crippen LogP contribution in [0.5, 0.6) is 0 Å². The molecule has 0 fully saturated rings. The fourth-order valence-electron chi connectivity index (χ4n) is 1.70. The Morgan fingerprint density at radius 1 is 1.39 bits per heavy atom. The van der Waals surface area contributed by atoms with Crippen molar-refractivity contribution in [2.45, 2.75) is 19.9 Å². The van der Waals surface area contributed by atoms with Crippen LogP contribution in [-0.2, 0) is 20.0 Å². The van der Waals surface area contributed by atoms with E-state index in [1.165, 1.54) is 10.8 Å². The first kappa shape index (κ1) is 13.1. The molecule has 18 heavy (non-hydrogen) atoms. The Kier molecular flexibility index (Phi) is 3.73. The highest BCUT2D eigenvalue weighted by Gasteiger charge is 2.14. The third kappa shape index (κ3) is 2.28. The third-order valence-electron chi connectivity index (χ3n) is 2.69. The quantitative estimate of drug-likeness (QED) is 0.866. The SMILES string of the molecule is CCc1nn(C)c(Cn2ccnc(Cl)c2=O)c1Cl. The van der Waals surface area contributed by atoms with Gasteiger partial charge in [0.1, 0.15) is 0 Å². The number of halogens is 2. The minimum absolute atomic E-state index is 0.0495. The highest BCUT2D eigenvalue weighted by atomic mass is 35.5. The van der Waals surface area contributed by atoms with Crippen molar-refractivity contribution in [3.63, 3.8) is 0 Å². The average Bonchev–Trinajstić information content (AvgIpc) is 2.62. The molecule has 7 heteroatoms. The average molecular weight is 287 g/mol. The maximum absolute atomic E-state index is 11.8. The van der Waals surface area contributed by atoms with E-state index >= 15 is 0 Å². The first-order valence-electron chi connectivity index (χ1n) is 5.45. The maximum Gasteiger partial charge on any atom is 0.288 e. The summed E-state index contributed by atoms with van der Waals surface area (Å²) >= 11 is 11.9. The normalized spacial score (nSPS) is 10.9. The zero-order chi connectivity index (χ0) is 13.3. The minimum Gasteiger partial charge on any atom is -0.305 e. The highest BCUT2D eigenvalue weighted by Crippen LogP contribution is 2.21. The van der Waals surface area contributed by atoms with Crippen LogP contribution in [0.2, 0.25) is 10.2 Å². The van der Waals surface area contributed by atoms with Crippen LogP contribution in [0.1, 0.15) is 18.3 Å². The lowest BCUT2D eigenvalue weighted by atomic mass is 10.3. The lowest BCUT2D eigenvalue weighted by Crippen LogP contribution is -2.22. The largest absolute Gasteiger partial charge is 0.305 e. The molecule has 0 aliphatic rings. The predicted molar refractivity (Wildman–Crippen MR) is 70.2 cm³/mol. The fraction of sp³-hybridized carbons (Fsp3) is 0.364. The lowest BCUT2D eigenvalue weighted by Gasteiger charge is -2.06. The minimum atomic E-state index is -0.338. The summed E-state index contributed by atoms with van der Waals surface area (Å²) in [4.78, 5) is 15.5. The monoisotopic (exact) mass is 286 g/mol. The van der Waals surface area contributed by atoms with Gasteiger partial charge in [-0.05, 0) is 6.42 Å². The van der Waals surface area contributed by atoms with Crippen molar-refractivity contribution in [2.75, 3.05) is 0 Å². The van der Waals surface area contributed by atoms with Crippen LogP contribution < -0.4 is 5.56 Å². The number of hydrogen-bond acceptors (Lipinski definition) is 3. The molecule has 0 bridgehead atoms. The summed E-state index contributed by atoms with van der Waals surface area (Å²) in [6, 6.07) is 0. The second-order valence-electron chi connectivity index (χ2n) is 3.84. The lowest BCUT2D eigenvalue weighted by molar-refractivity contribution is 0.646. The molecule has 0 saturated heterocycles. The van der Waals surface area contributed by atoms with E-state index in [1.807, 2.05) is 6.92 Å². The first-order valence-corrected chi connectivity index (χ1v) is 6.21. The number of nitrogens with zero attached hydrogens (tertiary/aromatic N) is 4. The number of aryl methyl sites for hydroxylation is 2. The molecule has 0 atom stereocenters. The van der Waals surface area contributed by atoms with E-state index in [1.54, 1.807) is 17.9 Å². The second-order valence-corrected chi connectivity index (χ2v) is 4.57. The van der Waals surface area contributed by atoms with Gasteiger partial charge in [-0.15, -0.1) is 0 Å². The Bertz CT molecular complexity index is 632. The van der Waals surface area contributed by atoms with Crippen molar-refractivity contribution in [3.8, 4) is 0 Å². The zero-order valence-corrected chi connectivity index (χ0v) is 11.5. The summed E-state index contributed by atoms with van der Waals surface area (Å²) in [5, 5.41) is 4.85. The third-order valence-corrected chi connectivity index (χ3v) is 3.39. The van der Waals surface area contributed by atoms with E-state index in [4.69, 9.17) is 23.2 Å². The van der Waals surface area contributed by atoms with E-state index in [9.17, 15) is 4.79 Å². The smallest absolute Gasteiger partial charge is 0.288 e. The van der Waals surface area contributed by atoms with Crippen molar-refractivity contribution in [2.24, 2.45) is 7.05 Å². The van der Waals surface area contributed by atoms with E-state index < -0.39 is 0 Å². The zero-order valence-electron chi connectivity index (χ0n) is 10.0. The fourth-order valence-corrected chi connectivity index (χ4v) is 2.22. The van der Waals surface area contributed by atoms with Gasteiger partial charge in [0, 0.05) is 19.4 Å². The molecule has 0 spiro atoms. The number of hydrogen-bond donors (Lipinski definition) is 0. The van der Waals surface area contributed by atoms with Crippen LogP contribution in [0.3, 0.4) is 0 Å². The Morgan fingerprint density at radius 3 is 2.72 bits per heavy atom. The molecule has 0 aliphatic heterocycles. The van der Waals surface area contributed by atoms with Crippen molar-refractivity contribution >= 4 is 23.2 Å². The molecule has 2 heterocycles. The molecular weight excluding hydrogens is 275 g/mol. The molecule has 0 aliphatic carbocycles. The van der Waals surface area contributed by atoms with Crippen molar-refractivity contribution in [1.82, 2.24) is 19.3 Å². The van der Waals surface area contributed by atoms with Crippen molar-refractivity contribution < 1.29 is 0 Å². The molecule has 0 N–H and O–H groups in total. The van der Waals surface area contributed by atoms with Crippen molar-refractivity contribution in [1.29, 1.82) is 0 Å². The molecule has 2 aromatic heterocycles. The summed E-state index contributed by atoms with van der Waals surface area (Å²) in [7, 11) is 1.80. The molecule has 0 aromatic carbocycles. The maximum atomic E-state index is 11.8. The summed E-state index contributed by atoms with van der Waals surface area (Å²) < 4.78 is 3.14. The summed E-state index contributed by atoms with van der Waals surface area (Å²) in [5.41, 5.74) is 1.26. The van der Waals surface area contributed by atoms with Crippen LogP contribution in [-0.4, -0.2) is 19.3 Å². The molecule has 0 saturated carbocycles. The van der Waals surface area contributed by atoms with Gasteiger partial charge >= 0.3 is 0 Å². The van der Waals surface area contributed by atoms with Gasteiger partial charge in [-0.25, -0.2) is 4.98 Å². The molecule has 0 unspecified atom stereocenters. The molecule has 2 rings (SSSR count). The van der Waals surface area contributed by atoms with Gasteiger partial charge in [0.05, 0.1) is 23.0 Å². The Labute approximate surface area is 114 Å². The number of rotatable bonds is 3. The molecule has 2 aromatic rings. The van der Waals surface area contributed by atoms with Crippen molar-refractivity contribution in [3.05, 3.63) is 44.3 Å². The Balaban J connectivity index is 2.43. The first-order chi connectivity index (χ1) is 8.54. The summed E-state index contributed by atoms with van der Waals surface area (Å²) in [5.74, 6) is 0. The molecule has 5 nitrogen and oxygen atoms in total. The van der Waals surface area contributed by atoms with Gasteiger partial charge in [0.2, 0.25) is 0 Å². The van der Waals surface area contributed by atoms with E-state index in [2.05, 4.69) is 10.1 Å². The molecule has 0 amide bonds. The van der Waals surface area contributed by atoms with Gasteiger partial charge in [0.25, 0.3) is 5.56 Å². The van der Waals surface area contributed by atoms with E-state index in [0.29, 0.717) is 11.6 Å². The summed E-state index contributed by atoms with van der Waals surface area (Å²) in [6.45, 7) is 2.30. The van der Waals surface area contributed by atoms with Gasteiger partial charge in [-0.1, -0.05) is 30.1 Å². The van der Waals surface area contributed by atoms with Crippen LogP contribution in [0.25, 0.3) is 0 Å². The van der Waals surface area contributed by atoms with Crippen LogP contribution >= 0.6 is 23.2 Å². The van der Waals surface area contributed by atoms with Crippen LogP contribution in [0.15, 0.2) is 17.2 Å². The molecule has 0 radical (unpaired) electrons.